The Bertz CT molecular complexity index is 3360. The lowest BCUT2D eigenvalue weighted by atomic mass is 9.83. The molecule has 0 aromatic heterocycles. The number of benzene rings is 9. The van der Waals surface area contributed by atoms with Crippen molar-refractivity contribution in [3.8, 4) is 22.3 Å². The van der Waals surface area contributed by atoms with Crippen LogP contribution in [0, 0.1) is 0 Å². The summed E-state index contributed by atoms with van der Waals surface area (Å²) in [6.07, 6.45) is 0. The van der Waals surface area contributed by atoms with E-state index in [1.54, 1.807) is 0 Å². The minimum absolute atomic E-state index is 0.00785. The number of rotatable bonds is 2. The molecule has 306 valence electrons. The highest BCUT2D eigenvalue weighted by Gasteiger charge is 2.25. The SMILES string of the molecule is CC(C)(C)c1ccc(-c2ccc3c(c2)c2cc(C(C)(C)C)cc4c5ccc6c(cc7c8ccc(-c9ccc(C(C)(C)C)cc9)cc8c8cc(C(C)(C)C)cc6c87)c5cc3c42)cc1. The number of hydrogen-bond donors (Lipinski definition) is 0. The molecule has 0 aliphatic carbocycles. The van der Waals surface area contributed by atoms with Gasteiger partial charge in [0.2, 0.25) is 0 Å². The van der Waals surface area contributed by atoms with E-state index < -0.39 is 0 Å². The van der Waals surface area contributed by atoms with Crippen LogP contribution in [0.4, 0.5) is 0 Å². The van der Waals surface area contributed by atoms with Gasteiger partial charge in [-0.05, 0) is 201 Å². The van der Waals surface area contributed by atoms with Gasteiger partial charge in [-0.2, -0.15) is 0 Å². The molecule has 0 heterocycles. The van der Waals surface area contributed by atoms with Gasteiger partial charge in [0.15, 0.2) is 0 Å². The molecule has 0 bridgehead atoms. The van der Waals surface area contributed by atoms with Crippen LogP contribution in [0.3, 0.4) is 0 Å². The summed E-state index contributed by atoms with van der Waals surface area (Å²) in [6, 6.07) is 52.8. The molecule has 0 heteroatoms. The molecule has 0 amide bonds. The van der Waals surface area contributed by atoms with E-state index in [1.807, 2.05) is 0 Å². The first kappa shape index (κ1) is 38.9. The zero-order valence-electron chi connectivity index (χ0n) is 38.7. The van der Waals surface area contributed by atoms with E-state index >= 15 is 0 Å². The van der Waals surface area contributed by atoms with E-state index in [1.165, 1.54) is 131 Å². The predicted octanol–water partition coefficient (Wildman–Crippen LogP) is 18.3. The average molecular weight is 803 g/mol. The van der Waals surface area contributed by atoms with Crippen LogP contribution in [0.15, 0.2) is 133 Å². The average Bonchev–Trinajstić information content (AvgIpc) is 3.71. The first-order valence-electron chi connectivity index (χ1n) is 22.7. The normalized spacial score (nSPS) is 13.5. The summed E-state index contributed by atoms with van der Waals surface area (Å²) in [5.41, 5.74) is 10.8. The summed E-state index contributed by atoms with van der Waals surface area (Å²) in [7, 11) is 0. The fraction of sp³-hybridized carbons (Fsp3) is 0.258. The highest BCUT2D eigenvalue weighted by molar-refractivity contribution is 6.40. The Morgan fingerprint density at radius 3 is 0.742 bits per heavy atom. The maximum atomic E-state index is 2.54. The highest BCUT2D eigenvalue weighted by Crippen LogP contribution is 2.50. The van der Waals surface area contributed by atoms with Gasteiger partial charge in [-0.25, -0.2) is 0 Å². The zero-order chi connectivity index (χ0) is 43.4. The maximum Gasteiger partial charge on any atom is -0.00197 e. The second-order valence-electron chi connectivity index (χ2n) is 22.7. The molecule has 0 saturated heterocycles. The van der Waals surface area contributed by atoms with Crippen molar-refractivity contribution < 1.29 is 0 Å². The maximum absolute atomic E-state index is 2.54. The lowest BCUT2D eigenvalue weighted by Gasteiger charge is -2.21. The first-order chi connectivity index (χ1) is 29.2. The fourth-order valence-electron chi connectivity index (χ4n) is 10.5. The molecule has 62 heavy (non-hydrogen) atoms. The Morgan fingerprint density at radius 2 is 0.435 bits per heavy atom. The van der Waals surface area contributed by atoms with Gasteiger partial charge in [0.05, 0.1) is 0 Å². The van der Waals surface area contributed by atoms with E-state index in [2.05, 4.69) is 217 Å². The Hall–Kier alpha value is -5.98. The van der Waals surface area contributed by atoms with Gasteiger partial charge >= 0.3 is 0 Å². The van der Waals surface area contributed by atoms with Gasteiger partial charge < -0.3 is 0 Å². The molecule has 0 atom stereocenters. The van der Waals surface area contributed by atoms with E-state index in [0.717, 1.165) is 0 Å². The van der Waals surface area contributed by atoms with Crippen molar-refractivity contribution in [1.82, 2.24) is 0 Å². The third-order valence-electron chi connectivity index (χ3n) is 14.4. The molecular weight excluding hydrogens is 745 g/mol. The Balaban J connectivity index is 1.21. The Kier molecular flexibility index (Phi) is 8.03. The predicted molar refractivity (Wildman–Crippen MR) is 275 cm³/mol. The van der Waals surface area contributed by atoms with Crippen LogP contribution < -0.4 is 0 Å². The molecule has 0 unspecified atom stereocenters. The van der Waals surface area contributed by atoms with Crippen LogP contribution in [0.1, 0.15) is 105 Å². The highest BCUT2D eigenvalue weighted by atomic mass is 14.3. The van der Waals surface area contributed by atoms with Gasteiger partial charge in [0, 0.05) is 0 Å². The van der Waals surface area contributed by atoms with Crippen LogP contribution in [0.2, 0.25) is 0 Å². The fourth-order valence-corrected chi connectivity index (χ4v) is 10.5. The lowest BCUT2D eigenvalue weighted by molar-refractivity contribution is 0.590. The van der Waals surface area contributed by atoms with Crippen molar-refractivity contribution in [3.63, 3.8) is 0 Å². The summed E-state index contributed by atoms with van der Waals surface area (Å²) < 4.78 is 0. The first-order valence-corrected chi connectivity index (χ1v) is 22.7. The molecule has 0 spiro atoms. The second-order valence-corrected chi connectivity index (χ2v) is 22.7. The molecule has 0 aliphatic heterocycles. The summed E-state index contributed by atoms with van der Waals surface area (Å²) in [4.78, 5) is 0. The summed E-state index contributed by atoms with van der Waals surface area (Å²) in [5, 5.41) is 21.6. The largest absolute Gasteiger partial charge is 0.0579 e. The topological polar surface area (TPSA) is 0 Å². The minimum atomic E-state index is -0.00785. The summed E-state index contributed by atoms with van der Waals surface area (Å²) in [5.74, 6) is 0. The van der Waals surface area contributed by atoms with Gasteiger partial charge in [0.25, 0.3) is 0 Å². The van der Waals surface area contributed by atoms with Crippen LogP contribution in [-0.4, -0.2) is 0 Å². The monoisotopic (exact) mass is 802 g/mol. The number of fused-ring (bicyclic) bond motifs is 11. The molecule has 0 N–H and O–H groups in total. The summed E-state index contributed by atoms with van der Waals surface area (Å²) >= 11 is 0. The number of hydrogen-bond acceptors (Lipinski definition) is 0. The van der Waals surface area contributed by atoms with E-state index in [9.17, 15) is 0 Å². The lowest BCUT2D eigenvalue weighted by Crippen LogP contribution is -2.10. The smallest absolute Gasteiger partial charge is 0.00197 e. The molecule has 0 aliphatic rings. The molecule has 11 rings (SSSR count). The Labute approximate surface area is 367 Å². The van der Waals surface area contributed by atoms with Crippen molar-refractivity contribution in [2.24, 2.45) is 0 Å². The van der Waals surface area contributed by atoms with Crippen molar-refractivity contribution >= 4 is 86.2 Å². The van der Waals surface area contributed by atoms with Crippen LogP contribution in [0.25, 0.3) is 108 Å². The van der Waals surface area contributed by atoms with Crippen LogP contribution in [0.5, 0.6) is 0 Å². The molecule has 11 aromatic carbocycles. The van der Waals surface area contributed by atoms with Gasteiger partial charge in [-0.15, -0.1) is 0 Å². The molecule has 0 radical (unpaired) electrons. The van der Waals surface area contributed by atoms with Crippen LogP contribution >= 0.6 is 0 Å². The molecular formula is C62H58. The minimum Gasteiger partial charge on any atom is -0.0579 e. The van der Waals surface area contributed by atoms with Crippen LogP contribution in [-0.2, 0) is 21.7 Å². The third-order valence-corrected chi connectivity index (χ3v) is 14.4. The quantitative estimate of drug-likeness (QED) is 0.153. The van der Waals surface area contributed by atoms with Gasteiger partial charge in [-0.3, -0.25) is 0 Å². The van der Waals surface area contributed by atoms with E-state index in [0.29, 0.717) is 0 Å². The van der Waals surface area contributed by atoms with Gasteiger partial charge in [0.1, 0.15) is 0 Å². The zero-order valence-corrected chi connectivity index (χ0v) is 38.7. The Morgan fingerprint density at radius 1 is 0.194 bits per heavy atom. The standard InChI is InChI=1S/C62H58/c1-59(2,3)39-19-13-35(14-20-39)37-17-23-43-47(27-37)53-31-41(61(7,8)9)29-51-45-25-26-46-50(49(45)33-55(43)57(51)53)34-56-44-24-18-38(36-15-21-40(22-16-36)60(4,5)6)28-48(44)54-32-42(62(10,11)12)30-52(46)58(54)56/h13-34H,1-12H3. The van der Waals surface area contributed by atoms with Crippen molar-refractivity contribution in [2.75, 3.05) is 0 Å². The third kappa shape index (κ3) is 5.86. The van der Waals surface area contributed by atoms with Gasteiger partial charge in [-0.1, -0.05) is 168 Å². The van der Waals surface area contributed by atoms with E-state index in [4.69, 9.17) is 0 Å². The molecule has 0 fully saturated rings. The van der Waals surface area contributed by atoms with Crippen molar-refractivity contribution in [2.45, 2.75) is 105 Å². The van der Waals surface area contributed by atoms with E-state index in [-0.39, 0.29) is 21.7 Å². The summed E-state index contributed by atoms with van der Waals surface area (Å²) in [6.45, 7) is 27.8. The molecule has 11 aromatic rings. The molecule has 0 nitrogen and oxygen atoms in total. The van der Waals surface area contributed by atoms with Crippen molar-refractivity contribution in [1.29, 1.82) is 0 Å². The molecule has 0 saturated carbocycles. The second kappa shape index (κ2) is 12.8. The van der Waals surface area contributed by atoms with Crippen molar-refractivity contribution in [3.05, 3.63) is 156 Å².